The fourth-order valence-electron chi connectivity index (χ4n) is 5.90. The van der Waals surface area contributed by atoms with Crippen molar-refractivity contribution in [3.8, 4) is 0 Å². The van der Waals surface area contributed by atoms with Gasteiger partial charge in [-0.15, -0.1) is 0 Å². The zero-order valence-electron chi connectivity index (χ0n) is 28.5. The Morgan fingerprint density at radius 2 is 0.450 bits per heavy atom. The fraction of sp³-hybridized carbons (Fsp3) is 1.00. The van der Waals surface area contributed by atoms with Gasteiger partial charge in [0.2, 0.25) is 0 Å². The lowest BCUT2D eigenvalue weighted by atomic mass is 10.0. The lowest BCUT2D eigenvalue weighted by molar-refractivity contribution is 0.152. The van der Waals surface area contributed by atoms with Gasteiger partial charge < -0.3 is 0 Å². The van der Waals surface area contributed by atoms with Gasteiger partial charge in [0.15, 0.2) is 0 Å². The molecule has 0 aliphatic rings. The van der Waals surface area contributed by atoms with Gasteiger partial charge in [0.1, 0.15) is 0 Å². The zero-order chi connectivity index (χ0) is 29.0. The molecule has 3 heteroatoms. The molecule has 0 aromatic heterocycles. The van der Waals surface area contributed by atoms with Crippen molar-refractivity contribution < 1.29 is 0 Å². The first-order chi connectivity index (χ1) is 19.8. The maximum Gasteiger partial charge on any atom is 0.0174 e. The molecule has 0 atom stereocenters. The average Bonchev–Trinajstić information content (AvgIpc) is 2.96. The second-order valence-corrected chi connectivity index (χ2v) is 13.0. The lowest BCUT2D eigenvalue weighted by Gasteiger charge is -2.19. The van der Waals surface area contributed by atoms with Crippen LogP contribution in [0.4, 0.5) is 0 Å². The minimum Gasteiger partial charge on any atom is -0.242 e. The first-order valence-electron chi connectivity index (χ1n) is 19.0. The summed E-state index contributed by atoms with van der Waals surface area (Å²) < 4.78 is 0. The summed E-state index contributed by atoms with van der Waals surface area (Å²) in [6, 6.07) is 0. The van der Waals surface area contributed by atoms with Crippen LogP contribution < -0.4 is 10.9 Å². The number of hydrazine groups is 2. The average molecular weight is 566 g/mol. The number of nitrogens with one attached hydrogen (secondary N) is 2. The van der Waals surface area contributed by atoms with E-state index in [9.17, 15) is 0 Å². The molecule has 0 fully saturated rings. The van der Waals surface area contributed by atoms with Gasteiger partial charge in [-0.3, -0.25) is 0 Å². The van der Waals surface area contributed by atoms with Crippen LogP contribution in [-0.2, 0) is 0 Å². The third kappa shape index (κ3) is 35.9. The van der Waals surface area contributed by atoms with E-state index >= 15 is 0 Å². The Bertz CT molecular complexity index is 390. The monoisotopic (exact) mass is 566 g/mol. The fourth-order valence-corrected chi connectivity index (χ4v) is 5.90. The Balaban J connectivity index is 3.13. The molecule has 0 unspecified atom stereocenters. The summed E-state index contributed by atoms with van der Waals surface area (Å²) in [5.41, 5.74) is 7.02. The molecule has 0 aliphatic heterocycles. The summed E-state index contributed by atoms with van der Waals surface area (Å²) in [6.45, 7) is 6.80. The minimum atomic E-state index is 1.10. The minimum absolute atomic E-state index is 1.10. The van der Waals surface area contributed by atoms with E-state index in [1.807, 2.05) is 0 Å². The smallest absolute Gasteiger partial charge is 0.0174 e. The topological polar surface area (TPSA) is 27.3 Å². The van der Waals surface area contributed by atoms with E-state index in [0.717, 1.165) is 13.1 Å². The molecule has 0 rings (SSSR count). The Kier molecular flexibility index (Phi) is 36.8. The van der Waals surface area contributed by atoms with E-state index in [1.165, 1.54) is 205 Å². The molecule has 0 heterocycles. The lowest BCUT2D eigenvalue weighted by Crippen LogP contribution is -2.45. The molecule has 0 spiro atoms. The molecule has 0 bridgehead atoms. The van der Waals surface area contributed by atoms with E-state index in [0.29, 0.717) is 0 Å². The molecule has 0 saturated heterocycles. The van der Waals surface area contributed by atoms with E-state index < -0.39 is 0 Å². The van der Waals surface area contributed by atoms with E-state index in [2.05, 4.69) is 36.9 Å². The van der Waals surface area contributed by atoms with Crippen molar-refractivity contribution in [3.05, 3.63) is 0 Å². The summed E-state index contributed by atoms with van der Waals surface area (Å²) in [7, 11) is 2.12. The molecule has 0 aliphatic carbocycles. The van der Waals surface area contributed by atoms with Crippen molar-refractivity contribution in [1.29, 1.82) is 0 Å². The third-order valence-electron chi connectivity index (χ3n) is 8.76. The Morgan fingerprint density at radius 1 is 0.275 bits per heavy atom. The largest absolute Gasteiger partial charge is 0.242 e. The van der Waals surface area contributed by atoms with Crippen molar-refractivity contribution in [2.45, 2.75) is 219 Å². The van der Waals surface area contributed by atoms with Crippen LogP contribution in [0.15, 0.2) is 0 Å². The first-order valence-corrected chi connectivity index (χ1v) is 19.0. The van der Waals surface area contributed by atoms with Crippen molar-refractivity contribution in [3.63, 3.8) is 0 Å². The highest BCUT2D eigenvalue weighted by Gasteiger charge is 1.98. The summed E-state index contributed by atoms with van der Waals surface area (Å²) >= 11 is 0. The number of hydrogen-bond acceptors (Lipinski definition) is 3. The van der Waals surface area contributed by atoms with Crippen LogP contribution in [0.1, 0.15) is 219 Å². The van der Waals surface area contributed by atoms with Crippen LogP contribution >= 0.6 is 0 Å². The zero-order valence-corrected chi connectivity index (χ0v) is 28.5. The van der Waals surface area contributed by atoms with Crippen LogP contribution in [0, 0.1) is 0 Å². The van der Waals surface area contributed by atoms with Crippen LogP contribution in [0.3, 0.4) is 0 Å². The van der Waals surface area contributed by atoms with Gasteiger partial charge in [-0.25, -0.2) is 10.9 Å². The SMILES string of the molecule is CCCCCCCCCCCCCCCCCCNN(C)NCCCCCCCCCCCCCCCCCC. The van der Waals surface area contributed by atoms with Crippen LogP contribution in [-0.4, -0.2) is 25.3 Å². The molecule has 242 valence electrons. The molecular weight excluding hydrogens is 486 g/mol. The predicted molar refractivity (Wildman–Crippen MR) is 183 cm³/mol. The highest BCUT2D eigenvalue weighted by molar-refractivity contribution is 4.53. The predicted octanol–water partition coefficient (Wildman–Crippen LogP) is 12.5. The van der Waals surface area contributed by atoms with Gasteiger partial charge in [-0.2, -0.15) is 5.12 Å². The number of unbranched alkanes of at least 4 members (excludes halogenated alkanes) is 30. The maximum absolute atomic E-state index is 3.51. The van der Waals surface area contributed by atoms with Gasteiger partial charge in [0.05, 0.1) is 0 Å². The number of hydrogen-bond donors (Lipinski definition) is 2. The normalized spacial score (nSPS) is 11.7. The van der Waals surface area contributed by atoms with Gasteiger partial charge in [0, 0.05) is 20.1 Å². The standard InChI is InChI=1S/C37H79N3/c1-4-6-8-10-12-14-16-18-20-22-24-26-28-30-32-34-36-38-40(3)39-37-35-33-31-29-27-25-23-21-19-17-15-13-11-9-7-5-2/h38-39H,4-37H2,1-3H3. The Hall–Kier alpha value is -0.120. The summed E-state index contributed by atoms with van der Waals surface area (Å²) in [5.74, 6) is 0. The Morgan fingerprint density at radius 3 is 0.650 bits per heavy atom. The second kappa shape index (κ2) is 36.9. The quantitative estimate of drug-likeness (QED) is 0.0584. The molecule has 0 aromatic rings. The summed E-state index contributed by atoms with van der Waals surface area (Å²) in [6.07, 6.45) is 46.0. The second-order valence-electron chi connectivity index (χ2n) is 13.0. The molecule has 0 amide bonds. The maximum atomic E-state index is 3.51. The first kappa shape index (κ1) is 39.9. The summed E-state index contributed by atoms with van der Waals surface area (Å²) in [5, 5.41) is 2.09. The van der Waals surface area contributed by atoms with Gasteiger partial charge in [-0.1, -0.05) is 206 Å². The molecule has 2 N–H and O–H groups in total. The molecule has 0 radical (unpaired) electrons. The molecular formula is C37H79N3. The van der Waals surface area contributed by atoms with Crippen molar-refractivity contribution >= 4 is 0 Å². The van der Waals surface area contributed by atoms with E-state index in [1.54, 1.807) is 0 Å². The molecule has 0 saturated carbocycles. The van der Waals surface area contributed by atoms with Crippen LogP contribution in [0.25, 0.3) is 0 Å². The number of rotatable bonds is 36. The van der Waals surface area contributed by atoms with Crippen molar-refractivity contribution in [2.24, 2.45) is 0 Å². The Labute approximate surface area is 255 Å². The van der Waals surface area contributed by atoms with E-state index in [4.69, 9.17) is 0 Å². The van der Waals surface area contributed by atoms with Crippen molar-refractivity contribution in [2.75, 3.05) is 20.1 Å². The van der Waals surface area contributed by atoms with Crippen LogP contribution in [0.2, 0.25) is 0 Å². The molecule has 0 aromatic carbocycles. The van der Waals surface area contributed by atoms with Gasteiger partial charge >= 0.3 is 0 Å². The highest BCUT2D eigenvalue weighted by Crippen LogP contribution is 2.15. The highest BCUT2D eigenvalue weighted by atomic mass is 15.7. The molecule has 3 nitrogen and oxygen atoms in total. The van der Waals surface area contributed by atoms with Gasteiger partial charge in [0.25, 0.3) is 0 Å². The third-order valence-corrected chi connectivity index (χ3v) is 8.76. The number of nitrogens with zero attached hydrogens (tertiary/aromatic N) is 1. The summed E-state index contributed by atoms with van der Waals surface area (Å²) in [4.78, 5) is 0. The van der Waals surface area contributed by atoms with Crippen molar-refractivity contribution in [1.82, 2.24) is 16.0 Å². The molecule has 40 heavy (non-hydrogen) atoms. The van der Waals surface area contributed by atoms with E-state index in [-0.39, 0.29) is 0 Å². The van der Waals surface area contributed by atoms with Gasteiger partial charge in [-0.05, 0) is 12.8 Å². The van der Waals surface area contributed by atoms with Crippen LogP contribution in [0.5, 0.6) is 0 Å².